The van der Waals surface area contributed by atoms with E-state index in [-0.39, 0.29) is 11.2 Å². The Labute approximate surface area is 257 Å². The van der Waals surface area contributed by atoms with Gasteiger partial charge in [-0.3, -0.25) is 9.10 Å². The number of aromatic amines is 1. The van der Waals surface area contributed by atoms with Gasteiger partial charge in [-0.25, -0.2) is 9.19 Å². The fraction of sp³-hybridized carbons (Fsp3) is 0.323. The number of pyridine rings is 1. The summed E-state index contributed by atoms with van der Waals surface area (Å²) in [5.74, 6) is 4.97. The molecule has 0 saturated heterocycles. The Hall–Kier alpha value is -3.55. The maximum absolute atomic E-state index is 13.9. The number of methoxy groups -OCH3 is 3. The van der Waals surface area contributed by atoms with E-state index in [1.165, 1.54) is 5.56 Å². The van der Waals surface area contributed by atoms with Crippen LogP contribution in [-0.4, -0.2) is 85.6 Å². The number of H-pyrrole nitrogens is 1. The summed E-state index contributed by atoms with van der Waals surface area (Å²) >= 11 is 1.64. The van der Waals surface area contributed by atoms with Crippen LogP contribution in [-0.2, 0) is 29.7 Å². The van der Waals surface area contributed by atoms with Crippen molar-refractivity contribution in [3.8, 4) is 5.75 Å². The van der Waals surface area contributed by atoms with Gasteiger partial charge in [-0.2, -0.15) is 0 Å². The number of nitrogens with one attached hydrogen (secondary N) is 2. The van der Waals surface area contributed by atoms with Gasteiger partial charge in [0.1, 0.15) is 23.1 Å². The highest BCUT2D eigenvalue weighted by atomic mass is 32.2. The quantitative estimate of drug-likeness (QED) is 0.107. The number of nitrogens with zero attached hydrogens (tertiary/aromatic N) is 2. The fourth-order valence-electron chi connectivity index (χ4n) is 4.43. The molecule has 2 unspecified atom stereocenters. The number of fused-ring (bicyclic) bond motifs is 1. The number of ether oxygens (including phenoxy) is 4. The second kappa shape index (κ2) is 15.3. The minimum Gasteiger partial charge on any atom is -0.491 e. The molecule has 0 aliphatic heterocycles. The summed E-state index contributed by atoms with van der Waals surface area (Å²) < 4.78 is 37.5. The summed E-state index contributed by atoms with van der Waals surface area (Å²) in [5.41, 5.74) is 2.66. The standard InChI is InChI=1S/C31H38N4O6S2/c1-35(43(5,37)28-13-9-10-14-32-28)26-19-24(41-16-15-38-2)17-23-18-25(34-29(23)26)30(36)33-20-27(31(39-3)40-4)42-21-22-11-7-6-8-12-22/h6-14,17-19,27,31,34H,5,15-16,20-21H2,1-4H3,(H,33,36). The Bertz CT molecular complexity index is 1580. The smallest absolute Gasteiger partial charge is 0.267 e. The van der Waals surface area contributed by atoms with Gasteiger partial charge in [0.2, 0.25) is 0 Å². The first-order valence-electron chi connectivity index (χ1n) is 13.6. The third-order valence-electron chi connectivity index (χ3n) is 6.77. The number of rotatable bonds is 16. The predicted octanol–water partition coefficient (Wildman–Crippen LogP) is 4.37. The minimum absolute atomic E-state index is 0.166. The number of amides is 1. The summed E-state index contributed by atoms with van der Waals surface area (Å²) in [7, 11) is 3.43. The van der Waals surface area contributed by atoms with Crippen molar-refractivity contribution in [2.24, 2.45) is 0 Å². The van der Waals surface area contributed by atoms with Gasteiger partial charge in [0.05, 0.1) is 32.8 Å². The number of hydrogen-bond donors (Lipinski definition) is 2. The Morgan fingerprint density at radius 1 is 1.07 bits per heavy atom. The normalized spacial score (nSPS) is 13.5. The van der Waals surface area contributed by atoms with Gasteiger partial charge in [-0.15, -0.1) is 11.8 Å². The molecule has 12 heteroatoms. The van der Waals surface area contributed by atoms with Crippen LogP contribution in [0.5, 0.6) is 5.75 Å². The average Bonchev–Trinajstić information content (AvgIpc) is 3.47. The molecule has 2 atom stereocenters. The summed E-state index contributed by atoms with van der Waals surface area (Å²) in [6.45, 7) is 1.03. The van der Waals surface area contributed by atoms with Gasteiger partial charge >= 0.3 is 0 Å². The molecule has 0 aliphatic carbocycles. The molecule has 0 fully saturated rings. The van der Waals surface area contributed by atoms with E-state index in [1.54, 1.807) is 81.0 Å². The van der Waals surface area contributed by atoms with Crippen LogP contribution in [0, 0.1) is 0 Å². The molecule has 0 saturated carbocycles. The number of carbonyl (C=O) groups is 1. The topological polar surface area (TPSA) is 115 Å². The van der Waals surface area contributed by atoms with Crippen LogP contribution in [0.4, 0.5) is 5.69 Å². The molecule has 4 aromatic rings. The highest BCUT2D eigenvalue weighted by Gasteiger charge is 2.25. The van der Waals surface area contributed by atoms with Crippen molar-refractivity contribution < 1.29 is 28.0 Å². The van der Waals surface area contributed by atoms with Crippen molar-refractivity contribution in [3.05, 3.63) is 84.2 Å². The first-order valence-corrected chi connectivity index (χ1v) is 16.3. The zero-order chi connectivity index (χ0) is 30.8. The average molecular weight is 627 g/mol. The summed E-state index contributed by atoms with van der Waals surface area (Å²) in [4.78, 5) is 20.9. The molecule has 230 valence electrons. The molecule has 0 spiro atoms. The van der Waals surface area contributed by atoms with E-state index in [0.717, 1.165) is 5.75 Å². The molecule has 1 amide bonds. The van der Waals surface area contributed by atoms with Crippen LogP contribution in [0.3, 0.4) is 0 Å². The van der Waals surface area contributed by atoms with Crippen molar-refractivity contribution in [1.29, 1.82) is 0 Å². The van der Waals surface area contributed by atoms with Gasteiger partial charge in [-0.1, -0.05) is 36.4 Å². The maximum Gasteiger partial charge on any atom is 0.267 e. The van der Waals surface area contributed by atoms with Crippen molar-refractivity contribution >= 4 is 49.8 Å². The lowest BCUT2D eigenvalue weighted by Gasteiger charge is -2.25. The first kappa shape index (κ1) is 32.4. The van der Waals surface area contributed by atoms with Crippen LogP contribution < -0.4 is 14.4 Å². The molecule has 0 aliphatic rings. The lowest BCUT2D eigenvalue weighted by molar-refractivity contribution is -0.101. The van der Waals surface area contributed by atoms with E-state index >= 15 is 0 Å². The van der Waals surface area contributed by atoms with Gasteiger partial charge in [0, 0.05) is 58.3 Å². The minimum atomic E-state index is -3.01. The van der Waals surface area contributed by atoms with E-state index in [9.17, 15) is 9.00 Å². The van der Waals surface area contributed by atoms with E-state index in [2.05, 4.69) is 33.3 Å². The van der Waals surface area contributed by atoms with Crippen LogP contribution in [0.25, 0.3) is 10.9 Å². The highest BCUT2D eigenvalue weighted by Crippen LogP contribution is 2.34. The van der Waals surface area contributed by atoms with Gasteiger partial charge in [0.25, 0.3) is 5.91 Å². The van der Waals surface area contributed by atoms with Gasteiger partial charge in [0.15, 0.2) is 6.29 Å². The second-order valence-corrected chi connectivity index (χ2v) is 13.1. The van der Waals surface area contributed by atoms with E-state index in [1.807, 2.05) is 24.3 Å². The van der Waals surface area contributed by atoms with Crippen molar-refractivity contribution in [2.75, 3.05) is 52.4 Å². The monoisotopic (exact) mass is 626 g/mol. The highest BCUT2D eigenvalue weighted by molar-refractivity contribution is 8.01. The Kier molecular flexibility index (Phi) is 11.5. The third-order valence-corrected chi connectivity index (χ3v) is 10.1. The van der Waals surface area contributed by atoms with Crippen LogP contribution in [0.2, 0.25) is 0 Å². The molecule has 0 bridgehead atoms. The molecule has 2 aromatic heterocycles. The molecular weight excluding hydrogens is 588 g/mol. The van der Waals surface area contributed by atoms with E-state index < -0.39 is 16.0 Å². The zero-order valence-electron chi connectivity index (χ0n) is 24.8. The molecule has 0 radical (unpaired) electrons. The van der Waals surface area contributed by atoms with Crippen LogP contribution in [0.1, 0.15) is 16.1 Å². The largest absolute Gasteiger partial charge is 0.491 e. The van der Waals surface area contributed by atoms with Crippen LogP contribution >= 0.6 is 11.8 Å². The van der Waals surface area contributed by atoms with Crippen LogP contribution in [0.15, 0.2) is 78.0 Å². The Morgan fingerprint density at radius 2 is 1.81 bits per heavy atom. The molecule has 2 heterocycles. The molecule has 43 heavy (non-hydrogen) atoms. The van der Waals surface area contributed by atoms with Crippen molar-refractivity contribution in [3.63, 3.8) is 0 Å². The fourth-order valence-corrected chi connectivity index (χ4v) is 6.87. The zero-order valence-corrected chi connectivity index (χ0v) is 26.4. The Morgan fingerprint density at radius 3 is 2.49 bits per heavy atom. The first-order chi connectivity index (χ1) is 20.8. The second-order valence-electron chi connectivity index (χ2n) is 9.62. The molecular formula is C31H38N4O6S2. The van der Waals surface area contributed by atoms with E-state index in [0.29, 0.717) is 52.8 Å². The molecule has 10 nitrogen and oxygen atoms in total. The van der Waals surface area contributed by atoms with Gasteiger partial charge in [-0.05, 0) is 35.7 Å². The molecule has 2 aromatic carbocycles. The number of hydrogen-bond acceptors (Lipinski definition) is 8. The predicted molar refractivity (Wildman–Crippen MR) is 174 cm³/mol. The number of aromatic nitrogens is 2. The lowest BCUT2D eigenvalue weighted by atomic mass is 10.2. The molecule has 4 rings (SSSR count). The number of carbonyl (C=O) groups excluding carboxylic acids is 1. The lowest BCUT2D eigenvalue weighted by Crippen LogP contribution is -2.39. The van der Waals surface area contributed by atoms with Crippen molar-refractivity contribution in [2.45, 2.75) is 22.3 Å². The number of thioether (sulfide) groups is 1. The van der Waals surface area contributed by atoms with E-state index in [4.69, 9.17) is 18.9 Å². The number of anilines is 1. The third kappa shape index (κ3) is 8.09. The SMILES string of the molecule is C=S(=O)(c1ccccn1)N(C)c1cc(OCCOC)cc2cc(C(=O)NCC(SCc3ccccc3)C(OC)OC)[nH]c12. The summed E-state index contributed by atoms with van der Waals surface area (Å²) in [5, 5.41) is 3.90. The summed E-state index contributed by atoms with van der Waals surface area (Å²) in [6, 6.07) is 20.6. The Balaban J connectivity index is 1.60. The van der Waals surface area contributed by atoms with Crippen molar-refractivity contribution in [1.82, 2.24) is 15.3 Å². The maximum atomic E-state index is 13.9. The number of benzene rings is 2. The van der Waals surface area contributed by atoms with Gasteiger partial charge < -0.3 is 29.2 Å². The molecule has 2 N–H and O–H groups in total. The summed E-state index contributed by atoms with van der Waals surface area (Å²) in [6.07, 6.45) is 1.06.